The number of amides is 2. The zero-order valence-electron chi connectivity index (χ0n) is 8.86. The number of carbonyl (C=O) groups excluding carboxylic acids is 2. The molecule has 6 nitrogen and oxygen atoms in total. The van der Waals surface area contributed by atoms with Gasteiger partial charge in [-0.05, 0) is 5.92 Å². The number of nitrogens with one attached hydrogen (secondary N) is 2. The topological polar surface area (TPSA) is 95.5 Å². The summed E-state index contributed by atoms with van der Waals surface area (Å²) in [6.07, 6.45) is 0.0199. The number of thioether (sulfide) groups is 1. The highest BCUT2D eigenvalue weighted by molar-refractivity contribution is 8.14. The Morgan fingerprint density at radius 3 is 2.88 bits per heavy atom. The molecule has 0 aromatic carbocycles. The van der Waals surface area contributed by atoms with Crippen molar-refractivity contribution in [1.82, 2.24) is 10.6 Å². The lowest BCUT2D eigenvalue weighted by Gasteiger charge is -2.13. The Labute approximate surface area is 97.2 Å². The quantitative estimate of drug-likeness (QED) is 0.636. The van der Waals surface area contributed by atoms with Gasteiger partial charge in [0.05, 0.1) is 0 Å². The van der Waals surface area contributed by atoms with Crippen molar-refractivity contribution in [3.8, 4) is 0 Å². The summed E-state index contributed by atoms with van der Waals surface area (Å²) in [6.45, 7) is 2.05. The number of hydrogen-bond donors (Lipinski definition) is 3. The van der Waals surface area contributed by atoms with Gasteiger partial charge in [-0.3, -0.25) is 14.4 Å². The van der Waals surface area contributed by atoms with Crippen molar-refractivity contribution in [2.45, 2.75) is 19.4 Å². The zero-order chi connectivity index (χ0) is 12.1. The molecule has 0 aromatic rings. The Kier molecular flexibility index (Phi) is 4.60. The molecule has 1 aliphatic heterocycles. The maximum atomic E-state index is 11.5. The molecule has 1 aliphatic rings. The summed E-state index contributed by atoms with van der Waals surface area (Å²) in [4.78, 5) is 32.7. The van der Waals surface area contributed by atoms with Crippen LogP contribution in [-0.4, -0.2) is 40.6 Å². The molecule has 1 rings (SSSR count). The van der Waals surface area contributed by atoms with Gasteiger partial charge < -0.3 is 15.7 Å². The number of hydrogen-bond acceptors (Lipinski definition) is 4. The van der Waals surface area contributed by atoms with Crippen molar-refractivity contribution >= 4 is 28.9 Å². The second-order valence-electron chi connectivity index (χ2n) is 3.74. The first-order chi connectivity index (χ1) is 7.49. The molecule has 1 heterocycles. The summed E-state index contributed by atoms with van der Waals surface area (Å²) >= 11 is 1.07. The predicted molar refractivity (Wildman–Crippen MR) is 59.2 cm³/mol. The van der Waals surface area contributed by atoms with Crippen molar-refractivity contribution < 1.29 is 19.5 Å². The van der Waals surface area contributed by atoms with Gasteiger partial charge in [0.25, 0.3) is 5.24 Å². The maximum Gasteiger partial charge on any atom is 0.303 e. The smallest absolute Gasteiger partial charge is 0.303 e. The van der Waals surface area contributed by atoms with Crippen LogP contribution in [0.15, 0.2) is 0 Å². The van der Waals surface area contributed by atoms with E-state index in [0.29, 0.717) is 12.3 Å². The second kappa shape index (κ2) is 5.74. The summed E-state index contributed by atoms with van der Waals surface area (Å²) in [7, 11) is 0. The molecule has 0 aromatic heterocycles. The molecular weight excluding hydrogens is 232 g/mol. The molecule has 0 bridgehead atoms. The van der Waals surface area contributed by atoms with Crippen LogP contribution >= 0.6 is 11.8 Å². The van der Waals surface area contributed by atoms with E-state index in [-0.39, 0.29) is 23.5 Å². The summed E-state index contributed by atoms with van der Waals surface area (Å²) in [5, 5.41) is 13.5. The monoisotopic (exact) mass is 246 g/mol. The van der Waals surface area contributed by atoms with Gasteiger partial charge in [0, 0.05) is 18.7 Å². The molecule has 2 amide bonds. The normalized spacial score (nSPS) is 21.3. The Balaban J connectivity index is 2.24. The molecule has 0 spiro atoms. The molecule has 3 N–H and O–H groups in total. The molecular formula is C9H14N2O4S. The average Bonchev–Trinajstić information content (AvgIpc) is 2.60. The maximum absolute atomic E-state index is 11.5. The van der Waals surface area contributed by atoms with Gasteiger partial charge in [-0.25, -0.2) is 0 Å². The van der Waals surface area contributed by atoms with Gasteiger partial charge in [-0.2, -0.15) is 0 Å². The van der Waals surface area contributed by atoms with Crippen LogP contribution in [0.3, 0.4) is 0 Å². The fourth-order valence-corrected chi connectivity index (χ4v) is 2.07. The fraction of sp³-hybridized carbons (Fsp3) is 0.667. The van der Waals surface area contributed by atoms with Gasteiger partial charge in [-0.15, -0.1) is 0 Å². The highest BCUT2D eigenvalue weighted by atomic mass is 32.2. The third-order valence-corrected chi connectivity index (χ3v) is 3.02. The van der Waals surface area contributed by atoms with Gasteiger partial charge in [0.2, 0.25) is 5.91 Å². The Morgan fingerprint density at radius 2 is 2.38 bits per heavy atom. The number of carbonyl (C=O) groups is 3. The van der Waals surface area contributed by atoms with Crippen LogP contribution in [0.4, 0.5) is 4.79 Å². The lowest BCUT2D eigenvalue weighted by Crippen LogP contribution is -2.44. The van der Waals surface area contributed by atoms with Crippen LogP contribution in [0, 0.1) is 5.92 Å². The fourth-order valence-electron chi connectivity index (χ4n) is 1.29. The van der Waals surface area contributed by atoms with Gasteiger partial charge in [-0.1, -0.05) is 18.7 Å². The van der Waals surface area contributed by atoms with E-state index < -0.39 is 12.0 Å². The largest absolute Gasteiger partial charge is 0.481 e. The molecule has 1 saturated heterocycles. The third kappa shape index (κ3) is 4.09. The van der Waals surface area contributed by atoms with E-state index in [0.717, 1.165) is 11.8 Å². The summed E-state index contributed by atoms with van der Waals surface area (Å²) in [5.74, 6) is -0.828. The van der Waals surface area contributed by atoms with Crippen LogP contribution in [-0.2, 0) is 9.59 Å². The molecule has 90 valence electrons. The first-order valence-corrected chi connectivity index (χ1v) is 5.90. The molecule has 7 heteroatoms. The van der Waals surface area contributed by atoms with E-state index in [1.807, 2.05) is 0 Å². The predicted octanol–water partition coefficient (Wildman–Crippen LogP) is 0.0384. The minimum absolute atomic E-state index is 0.0199. The molecule has 0 saturated carbocycles. The number of aliphatic carboxylic acids is 1. The highest BCUT2D eigenvalue weighted by Crippen LogP contribution is 2.12. The van der Waals surface area contributed by atoms with E-state index in [4.69, 9.17) is 5.11 Å². The third-order valence-electron chi connectivity index (χ3n) is 2.14. The standard InChI is InChI=1S/C9H14N2O4S/c1-5(2-7(12)13)3-10-8(14)6-4-16-9(15)11-6/h5-6H,2-4H2,1H3,(H,10,14)(H,11,15)(H,12,13). The molecule has 2 unspecified atom stereocenters. The average molecular weight is 246 g/mol. The Bertz CT molecular complexity index is 308. The molecule has 1 fully saturated rings. The van der Waals surface area contributed by atoms with Crippen LogP contribution in [0.25, 0.3) is 0 Å². The first-order valence-electron chi connectivity index (χ1n) is 4.92. The van der Waals surface area contributed by atoms with Gasteiger partial charge in [0.1, 0.15) is 6.04 Å². The number of carboxylic acids is 1. The van der Waals surface area contributed by atoms with E-state index in [1.54, 1.807) is 6.92 Å². The van der Waals surface area contributed by atoms with Crippen LogP contribution < -0.4 is 10.6 Å². The Hall–Kier alpha value is -1.24. The summed E-state index contributed by atoms with van der Waals surface area (Å²) < 4.78 is 0. The lowest BCUT2D eigenvalue weighted by atomic mass is 10.1. The first kappa shape index (κ1) is 12.8. The van der Waals surface area contributed by atoms with Gasteiger partial charge >= 0.3 is 5.97 Å². The van der Waals surface area contributed by atoms with Gasteiger partial charge in [0.15, 0.2) is 0 Å². The van der Waals surface area contributed by atoms with E-state index >= 15 is 0 Å². The molecule has 0 aliphatic carbocycles. The molecule has 16 heavy (non-hydrogen) atoms. The van der Waals surface area contributed by atoms with E-state index in [1.165, 1.54) is 0 Å². The van der Waals surface area contributed by atoms with Crippen molar-refractivity contribution in [2.75, 3.05) is 12.3 Å². The zero-order valence-corrected chi connectivity index (χ0v) is 9.67. The molecule has 2 atom stereocenters. The number of carboxylic acid groups (broad SMARTS) is 1. The van der Waals surface area contributed by atoms with Crippen molar-refractivity contribution in [3.63, 3.8) is 0 Å². The van der Waals surface area contributed by atoms with Crippen molar-refractivity contribution in [3.05, 3.63) is 0 Å². The summed E-state index contributed by atoms with van der Waals surface area (Å²) in [6, 6.07) is -0.491. The minimum Gasteiger partial charge on any atom is -0.481 e. The highest BCUT2D eigenvalue weighted by Gasteiger charge is 2.27. The SMILES string of the molecule is CC(CNC(=O)C1CSC(=O)N1)CC(=O)O. The van der Waals surface area contributed by atoms with Crippen LogP contribution in [0.5, 0.6) is 0 Å². The van der Waals surface area contributed by atoms with Crippen molar-refractivity contribution in [2.24, 2.45) is 5.92 Å². The second-order valence-corrected chi connectivity index (χ2v) is 4.74. The van der Waals surface area contributed by atoms with Crippen molar-refractivity contribution in [1.29, 1.82) is 0 Å². The molecule has 0 radical (unpaired) electrons. The van der Waals surface area contributed by atoms with Crippen LogP contribution in [0.2, 0.25) is 0 Å². The van der Waals surface area contributed by atoms with E-state index in [2.05, 4.69) is 10.6 Å². The Morgan fingerprint density at radius 1 is 1.69 bits per heavy atom. The number of rotatable bonds is 5. The summed E-state index contributed by atoms with van der Waals surface area (Å²) in [5.41, 5.74) is 0. The lowest BCUT2D eigenvalue weighted by molar-refractivity contribution is -0.138. The minimum atomic E-state index is -0.883. The van der Waals surface area contributed by atoms with Crippen LogP contribution in [0.1, 0.15) is 13.3 Å². The van der Waals surface area contributed by atoms with E-state index in [9.17, 15) is 14.4 Å².